The fourth-order valence-electron chi connectivity index (χ4n) is 8.11. The van der Waals surface area contributed by atoms with E-state index in [1.165, 1.54) is 6.07 Å². The third kappa shape index (κ3) is 7.15. The highest BCUT2D eigenvalue weighted by Crippen LogP contribution is 2.48. The number of para-hydroxylation sites is 1. The zero-order valence-corrected chi connectivity index (χ0v) is 30.3. The van der Waals surface area contributed by atoms with Gasteiger partial charge in [0.05, 0.1) is 30.1 Å². The van der Waals surface area contributed by atoms with Crippen LogP contribution >= 0.6 is 0 Å². The number of aliphatic hydroxyl groups excluding tert-OH is 1. The van der Waals surface area contributed by atoms with Crippen LogP contribution in [0, 0.1) is 11.7 Å². The minimum atomic E-state index is -0.859. The van der Waals surface area contributed by atoms with Crippen molar-refractivity contribution >= 4 is 5.91 Å². The first-order chi connectivity index (χ1) is 24.9. The number of pyridine rings is 1. The van der Waals surface area contributed by atoms with Gasteiger partial charge in [-0.3, -0.25) is 19.6 Å². The predicted molar refractivity (Wildman–Crippen MR) is 195 cm³/mol. The number of oxazole rings is 1. The molecule has 3 aliphatic rings. The Balaban J connectivity index is 1.06. The molecule has 274 valence electrons. The third-order valence-corrected chi connectivity index (χ3v) is 10.8. The normalized spacial score (nSPS) is 23.0. The molecule has 1 N–H and O–H groups in total. The Morgan fingerprint density at radius 1 is 1.12 bits per heavy atom. The average Bonchev–Trinajstić information content (AvgIpc) is 3.74. The molecule has 0 radical (unpaired) electrons. The summed E-state index contributed by atoms with van der Waals surface area (Å²) in [7, 11) is 0. The molecule has 0 spiro atoms. The number of ether oxygens (including phenoxy) is 2. The Morgan fingerprint density at radius 3 is 2.65 bits per heavy atom. The van der Waals surface area contributed by atoms with Crippen LogP contribution < -0.4 is 4.74 Å². The highest BCUT2D eigenvalue weighted by atomic mass is 19.1. The van der Waals surface area contributed by atoms with Gasteiger partial charge in [-0.15, -0.1) is 6.58 Å². The Morgan fingerprint density at radius 2 is 1.88 bits per heavy atom. The summed E-state index contributed by atoms with van der Waals surface area (Å²) in [5.74, 6) is 0.788. The number of rotatable bonds is 11. The second-order valence-electron chi connectivity index (χ2n) is 15.1. The number of benzene rings is 2. The van der Waals surface area contributed by atoms with Crippen LogP contribution in [0.1, 0.15) is 57.2 Å². The molecule has 11 heteroatoms. The van der Waals surface area contributed by atoms with Crippen LogP contribution in [0.25, 0.3) is 11.3 Å². The van der Waals surface area contributed by atoms with Crippen molar-refractivity contribution in [3.8, 4) is 17.1 Å². The lowest BCUT2D eigenvalue weighted by molar-refractivity contribution is -0.153. The summed E-state index contributed by atoms with van der Waals surface area (Å²) in [4.78, 5) is 29.7. The topological polar surface area (TPSA) is 104 Å². The van der Waals surface area contributed by atoms with Gasteiger partial charge >= 0.3 is 0 Å². The Bertz CT molecular complexity index is 1880. The second kappa shape index (κ2) is 14.5. The molecule has 2 aromatic heterocycles. The standard InChI is InChI=1S/C41H48FN5O5/c1-6-31-24-46(40(2,3)39-44-23-35(51-39)29-19-30(42)22-43-21-29)17-16-45(31)25-32(48)20-28(18-27-12-8-7-9-13-27)38(49)47-37-33-14-10-11-15-34(33)50-26-36(37)52-41(47,4)5/h6-15,19,21-23,28,31-32,36-37,48H,1,16-18,20,24-26H2,2-5H3/t28-,31-,32+,36-,37+/m1/s1. The molecule has 5 atom stereocenters. The molecular weight excluding hydrogens is 661 g/mol. The van der Waals surface area contributed by atoms with Crippen LogP contribution in [0.5, 0.6) is 5.75 Å². The Kier molecular flexibility index (Phi) is 10.1. The van der Waals surface area contributed by atoms with E-state index in [0.717, 1.165) is 23.1 Å². The second-order valence-corrected chi connectivity index (χ2v) is 15.1. The number of carbonyl (C=O) groups is 1. The van der Waals surface area contributed by atoms with Gasteiger partial charge < -0.3 is 23.9 Å². The Hall–Kier alpha value is -4.42. The average molecular weight is 710 g/mol. The van der Waals surface area contributed by atoms with Crippen molar-refractivity contribution in [2.24, 2.45) is 5.92 Å². The fourth-order valence-corrected chi connectivity index (χ4v) is 8.11. The number of carbonyl (C=O) groups excluding carboxylic acids is 1. The molecule has 0 bridgehead atoms. The minimum absolute atomic E-state index is 0.0386. The van der Waals surface area contributed by atoms with Crippen molar-refractivity contribution in [3.05, 3.63) is 115 Å². The van der Waals surface area contributed by atoms with Gasteiger partial charge in [0.25, 0.3) is 0 Å². The lowest BCUT2D eigenvalue weighted by Gasteiger charge is -2.46. The summed E-state index contributed by atoms with van der Waals surface area (Å²) >= 11 is 0. The number of amides is 1. The van der Waals surface area contributed by atoms with Gasteiger partial charge in [-0.2, -0.15) is 0 Å². The molecule has 2 fully saturated rings. The molecule has 3 aliphatic heterocycles. The van der Waals surface area contributed by atoms with Gasteiger partial charge in [-0.25, -0.2) is 9.37 Å². The highest BCUT2D eigenvalue weighted by molar-refractivity contribution is 5.81. The molecule has 4 aromatic rings. The quantitative estimate of drug-likeness (QED) is 0.188. The largest absolute Gasteiger partial charge is 0.490 e. The summed E-state index contributed by atoms with van der Waals surface area (Å²) in [5, 5.41) is 11.7. The van der Waals surface area contributed by atoms with E-state index in [2.05, 4.69) is 40.2 Å². The van der Waals surface area contributed by atoms with Crippen molar-refractivity contribution in [1.29, 1.82) is 0 Å². The van der Waals surface area contributed by atoms with Gasteiger partial charge in [0.1, 0.15) is 30.0 Å². The van der Waals surface area contributed by atoms with E-state index < -0.39 is 29.1 Å². The molecular formula is C41H48FN5O5. The van der Waals surface area contributed by atoms with Crippen LogP contribution in [0.3, 0.4) is 0 Å². The molecule has 0 aliphatic carbocycles. The number of fused-ring (bicyclic) bond motifs is 3. The number of halogens is 1. The lowest BCUT2D eigenvalue weighted by Crippen LogP contribution is -2.58. The van der Waals surface area contributed by atoms with Crippen LogP contribution in [-0.4, -0.2) is 92.4 Å². The van der Waals surface area contributed by atoms with Crippen molar-refractivity contribution in [2.45, 2.75) is 76.1 Å². The number of nitrogens with zero attached hydrogens (tertiary/aromatic N) is 5. The van der Waals surface area contributed by atoms with Gasteiger partial charge in [0.2, 0.25) is 11.8 Å². The van der Waals surface area contributed by atoms with Crippen molar-refractivity contribution in [1.82, 2.24) is 24.7 Å². The van der Waals surface area contributed by atoms with E-state index >= 15 is 0 Å². The first kappa shape index (κ1) is 36.0. The predicted octanol–water partition coefficient (Wildman–Crippen LogP) is 5.99. The van der Waals surface area contributed by atoms with Crippen molar-refractivity contribution < 1.29 is 28.2 Å². The molecule has 1 amide bonds. The molecule has 0 unspecified atom stereocenters. The highest BCUT2D eigenvalue weighted by Gasteiger charge is 2.54. The monoisotopic (exact) mass is 709 g/mol. The van der Waals surface area contributed by atoms with E-state index in [1.54, 1.807) is 12.4 Å². The van der Waals surface area contributed by atoms with E-state index in [4.69, 9.17) is 13.9 Å². The third-order valence-electron chi connectivity index (χ3n) is 10.8. The summed E-state index contributed by atoms with van der Waals surface area (Å²) in [6.07, 6.45) is 5.96. The molecule has 2 aromatic carbocycles. The Labute approximate surface area is 304 Å². The van der Waals surface area contributed by atoms with E-state index in [9.17, 15) is 14.3 Å². The minimum Gasteiger partial charge on any atom is -0.490 e. The van der Waals surface area contributed by atoms with Crippen LogP contribution in [0.2, 0.25) is 0 Å². The first-order valence-corrected chi connectivity index (χ1v) is 18.1. The molecule has 52 heavy (non-hydrogen) atoms. The molecule has 7 rings (SSSR count). The zero-order valence-electron chi connectivity index (χ0n) is 30.3. The summed E-state index contributed by atoms with van der Waals surface area (Å²) < 4.78 is 32.4. The summed E-state index contributed by atoms with van der Waals surface area (Å²) in [5.41, 5.74) is 1.08. The van der Waals surface area contributed by atoms with Crippen LogP contribution in [0.4, 0.5) is 4.39 Å². The van der Waals surface area contributed by atoms with Crippen molar-refractivity contribution in [3.63, 3.8) is 0 Å². The lowest BCUT2D eigenvalue weighted by atomic mass is 9.89. The molecule has 0 saturated carbocycles. The van der Waals surface area contributed by atoms with Gasteiger partial charge in [-0.1, -0.05) is 54.6 Å². The SMILES string of the molecule is C=C[C@@H]1CN(C(C)(C)c2ncc(-c3cncc(F)c3)o2)CCN1C[C@@H](O)C[C@@H](Cc1ccccc1)C(=O)N1[C@H]2c3ccccc3OC[C@H]2OC1(C)C. The molecule has 10 nitrogen and oxygen atoms in total. The molecule has 5 heterocycles. The number of β-amino-alcohol motifs (C(OH)–C–C–N with tert-alkyl or cyclic N) is 1. The maximum Gasteiger partial charge on any atom is 0.228 e. The number of piperazine rings is 1. The maximum atomic E-state index is 14.8. The van der Waals surface area contributed by atoms with E-state index in [1.807, 2.05) is 79.4 Å². The van der Waals surface area contributed by atoms with Gasteiger partial charge in [0.15, 0.2) is 5.76 Å². The zero-order chi connectivity index (χ0) is 36.6. The van der Waals surface area contributed by atoms with E-state index in [0.29, 0.717) is 62.8 Å². The van der Waals surface area contributed by atoms with Gasteiger partial charge in [-0.05, 0) is 58.2 Å². The van der Waals surface area contributed by atoms with E-state index in [-0.39, 0.29) is 24.1 Å². The number of aliphatic hydroxyl groups is 1. The summed E-state index contributed by atoms with van der Waals surface area (Å²) in [6.45, 7) is 14.9. The number of hydrogen-bond donors (Lipinski definition) is 1. The fraction of sp³-hybridized carbons (Fsp3) is 0.439. The van der Waals surface area contributed by atoms with Crippen LogP contribution in [0.15, 0.2) is 96.3 Å². The number of aromatic nitrogens is 2. The maximum absolute atomic E-state index is 14.8. The molecule has 2 saturated heterocycles. The van der Waals surface area contributed by atoms with Crippen molar-refractivity contribution in [2.75, 3.05) is 32.8 Å². The van der Waals surface area contributed by atoms with Crippen LogP contribution in [-0.2, 0) is 21.5 Å². The number of hydrogen-bond acceptors (Lipinski definition) is 9. The smallest absolute Gasteiger partial charge is 0.228 e. The first-order valence-electron chi connectivity index (χ1n) is 18.1. The van der Waals surface area contributed by atoms with Gasteiger partial charge in [0, 0.05) is 55.5 Å². The summed E-state index contributed by atoms with van der Waals surface area (Å²) in [6, 6.07) is 18.9.